The lowest BCUT2D eigenvalue weighted by atomic mass is 9.88. The summed E-state index contributed by atoms with van der Waals surface area (Å²) in [6.45, 7) is 8.70. The van der Waals surface area contributed by atoms with E-state index in [0.717, 1.165) is 6.42 Å². The minimum Gasteiger partial charge on any atom is -0.324 e. The number of nitrogens with two attached hydrogens (primary N) is 1. The quantitative estimate of drug-likeness (QED) is 0.779. The first-order valence-corrected chi connectivity index (χ1v) is 5.39. The Morgan fingerprint density at radius 2 is 1.71 bits per heavy atom. The fourth-order valence-corrected chi connectivity index (χ4v) is 1.89. The van der Waals surface area contributed by atoms with E-state index in [-0.39, 0.29) is 6.04 Å². The molecule has 78 valence electrons. The molecule has 0 bridgehead atoms. The first-order chi connectivity index (χ1) is 6.57. The Morgan fingerprint density at radius 3 is 2.14 bits per heavy atom. The van der Waals surface area contributed by atoms with Gasteiger partial charge in [-0.25, -0.2) is 0 Å². The van der Waals surface area contributed by atoms with Crippen LogP contribution in [0.5, 0.6) is 0 Å². The van der Waals surface area contributed by atoms with Gasteiger partial charge in [-0.05, 0) is 36.5 Å². The maximum atomic E-state index is 6.25. The van der Waals surface area contributed by atoms with Gasteiger partial charge >= 0.3 is 0 Å². The zero-order valence-electron chi connectivity index (χ0n) is 9.67. The Bertz CT molecular complexity index is 284. The molecule has 1 nitrogen and oxygen atoms in total. The highest BCUT2D eigenvalue weighted by Gasteiger charge is 2.16. The molecule has 0 aliphatic rings. The van der Waals surface area contributed by atoms with Crippen molar-refractivity contribution in [3.05, 3.63) is 34.9 Å². The zero-order valence-corrected chi connectivity index (χ0v) is 9.67. The predicted molar refractivity (Wildman–Crippen MR) is 62.3 cm³/mol. The third-order valence-corrected chi connectivity index (χ3v) is 3.13. The number of hydrogen-bond acceptors (Lipinski definition) is 1. The molecule has 1 aromatic rings. The molecule has 1 unspecified atom stereocenters. The molecular weight excluding hydrogens is 170 g/mol. The summed E-state index contributed by atoms with van der Waals surface area (Å²) < 4.78 is 0. The third-order valence-electron chi connectivity index (χ3n) is 3.13. The highest BCUT2D eigenvalue weighted by atomic mass is 14.6. The van der Waals surface area contributed by atoms with Crippen LogP contribution in [0.15, 0.2) is 18.2 Å². The maximum absolute atomic E-state index is 6.25. The zero-order chi connectivity index (χ0) is 10.7. The number of benzene rings is 1. The van der Waals surface area contributed by atoms with Crippen molar-refractivity contribution in [2.24, 2.45) is 11.7 Å². The largest absolute Gasteiger partial charge is 0.324 e. The Morgan fingerprint density at radius 1 is 1.21 bits per heavy atom. The molecule has 0 saturated heterocycles. The topological polar surface area (TPSA) is 26.0 Å². The van der Waals surface area contributed by atoms with Crippen molar-refractivity contribution >= 4 is 0 Å². The maximum Gasteiger partial charge on any atom is 0.0326 e. The molecule has 0 aromatic heterocycles. The van der Waals surface area contributed by atoms with Crippen molar-refractivity contribution in [2.45, 2.75) is 40.2 Å². The van der Waals surface area contributed by atoms with Crippen molar-refractivity contribution in [3.8, 4) is 0 Å². The van der Waals surface area contributed by atoms with Gasteiger partial charge in [0.15, 0.2) is 0 Å². The van der Waals surface area contributed by atoms with Gasteiger partial charge < -0.3 is 5.73 Å². The predicted octanol–water partition coefficient (Wildman–Crippen LogP) is 3.35. The molecule has 14 heavy (non-hydrogen) atoms. The normalized spacial score (nSPS) is 15.2. The second-order valence-corrected chi connectivity index (χ2v) is 4.22. The lowest BCUT2D eigenvalue weighted by Gasteiger charge is -2.22. The van der Waals surface area contributed by atoms with E-state index in [4.69, 9.17) is 5.73 Å². The molecule has 0 aliphatic heterocycles. The lowest BCUT2D eigenvalue weighted by molar-refractivity contribution is 0.454. The van der Waals surface area contributed by atoms with Gasteiger partial charge in [0.1, 0.15) is 0 Å². The van der Waals surface area contributed by atoms with Crippen LogP contribution >= 0.6 is 0 Å². The van der Waals surface area contributed by atoms with E-state index in [1.807, 2.05) is 0 Å². The van der Waals surface area contributed by atoms with Crippen LogP contribution in [0, 0.1) is 19.8 Å². The Labute approximate surface area is 87.3 Å². The fraction of sp³-hybridized carbons (Fsp3) is 0.538. The molecule has 0 radical (unpaired) electrons. The SMILES string of the molecule is CCC(C)[C@@H](N)c1c(C)cccc1C. The third kappa shape index (κ3) is 2.16. The number of rotatable bonds is 3. The second-order valence-electron chi connectivity index (χ2n) is 4.22. The van der Waals surface area contributed by atoms with Crippen molar-refractivity contribution in [1.82, 2.24) is 0 Å². The molecule has 0 fully saturated rings. The summed E-state index contributed by atoms with van der Waals surface area (Å²) in [4.78, 5) is 0. The van der Waals surface area contributed by atoms with Crippen LogP contribution in [-0.2, 0) is 0 Å². The molecule has 0 heterocycles. The summed E-state index contributed by atoms with van der Waals surface area (Å²) in [5.41, 5.74) is 10.2. The van der Waals surface area contributed by atoms with E-state index >= 15 is 0 Å². The summed E-state index contributed by atoms with van der Waals surface area (Å²) in [6.07, 6.45) is 1.13. The average molecular weight is 191 g/mol. The van der Waals surface area contributed by atoms with Crippen LogP contribution in [0.2, 0.25) is 0 Å². The monoisotopic (exact) mass is 191 g/mol. The number of hydrogen-bond donors (Lipinski definition) is 1. The molecule has 1 heteroatoms. The highest BCUT2D eigenvalue weighted by molar-refractivity contribution is 5.36. The lowest BCUT2D eigenvalue weighted by Crippen LogP contribution is -2.20. The second kappa shape index (κ2) is 4.61. The van der Waals surface area contributed by atoms with E-state index in [2.05, 4.69) is 45.9 Å². The molecular formula is C13H21N. The van der Waals surface area contributed by atoms with Gasteiger partial charge in [-0.1, -0.05) is 38.5 Å². The molecule has 1 aromatic carbocycles. The van der Waals surface area contributed by atoms with Gasteiger partial charge in [-0.3, -0.25) is 0 Å². The first kappa shape index (κ1) is 11.3. The minimum absolute atomic E-state index is 0.182. The van der Waals surface area contributed by atoms with Crippen LogP contribution in [0.4, 0.5) is 0 Å². The van der Waals surface area contributed by atoms with Gasteiger partial charge in [-0.2, -0.15) is 0 Å². The first-order valence-electron chi connectivity index (χ1n) is 5.39. The molecule has 0 aliphatic carbocycles. The molecule has 0 saturated carbocycles. The van der Waals surface area contributed by atoms with E-state index in [1.165, 1.54) is 16.7 Å². The van der Waals surface area contributed by atoms with Gasteiger partial charge in [0.25, 0.3) is 0 Å². The van der Waals surface area contributed by atoms with Gasteiger partial charge in [0, 0.05) is 6.04 Å². The van der Waals surface area contributed by atoms with Crippen molar-refractivity contribution in [2.75, 3.05) is 0 Å². The molecule has 2 atom stereocenters. The van der Waals surface area contributed by atoms with Crippen LogP contribution in [-0.4, -0.2) is 0 Å². The minimum atomic E-state index is 0.182. The fourth-order valence-electron chi connectivity index (χ4n) is 1.89. The summed E-state index contributed by atoms with van der Waals surface area (Å²) in [6, 6.07) is 6.56. The molecule has 0 spiro atoms. The molecule has 0 amide bonds. The summed E-state index contributed by atoms with van der Waals surface area (Å²) >= 11 is 0. The summed E-state index contributed by atoms with van der Waals surface area (Å²) in [5.74, 6) is 0.551. The van der Waals surface area contributed by atoms with E-state index in [1.54, 1.807) is 0 Å². The van der Waals surface area contributed by atoms with E-state index < -0.39 is 0 Å². The molecule has 1 rings (SSSR count). The highest BCUT2D eigenvalue weighted by Crippen LogP contribution is 2.27. The Hall–Kier alpha value is -0.820. The van der Waals surface area contributed by atoms with Crippen LogP contribution in [0.3, 0.4) is 0 Å². The number of aryl methyl sites for hydroxylation is 2. The summed E-state index contributed by atoms with van der Waals surface area (Å²) in [5, 5.41) is 0. The van der Waals surface area contributed by atoms with Gasteiger partial charge in [0.05, 0.1) is 0 Å². The van der Waals surface area contributed by atoms with Gasteiger partial charge in [0.2, 0.25) is 0 Å². The average Bonchev–Trinajstić information content (AvgIpc) is 2.16. The van der Waals surface area contributed by atoms with Gasteiger partial charge in [-0.15, -0.1) is 0 Å². The summed E-state index contributed by atoms with van der Waals surface area (Å²) in [7, 11) is 0. The molecule has 2 N–H and O–H groups in total. The standard InChI is InChI=1S/C13H21N/c1-5-9(2)13(14)12-10(3)7-6-8-11(12)4/h6-9,13H,5,14H2,1-4H3/t9?,13-/m1/s1. The van der Waals surface area contributed by atoms with E-state index in [9.17, 15) is 0 Å². The Kier molecular flexibility index (Phi) is 3.70. The van der Waals surface area contributed by atoms with Crippen molar-refractivity contribution in [3.63, 3.8) is 0 Å². The van der Waals surface area contributed by atoms with Crippen molar-refractivity contribution < 1.29 is 0 Å². The van der Waals surface area contributed by atoms with Crippen LogP contribution in [0.25, 0.3) is 0 Å². The van der Waals surface area contributed by atoms with Crippen LogP contribution < -0.4 is 5.73 Å². The van der Waals surface area contributed by atoms with Crippen molar-refractivity contribution in [1.29, 1.82) is 0 Å². The van der Waals surface area contributed by atoms with E-state index in [0.29, 0.717) is 5.92 Å². The Balaban J connectivity index is 3.05. The smallest absolute Gasteiger partial charge is 0.0326 e. The van der Waals surface area contributed by atoms with Crippen LogP contribution in [0.1, 0.15) is 43.0 Å².